The number of anilines is 1. The van der Waals surface area contributed by atoms with Crippen LogP contribution in [-0.2, 0) is 13.6 Å². The Hall–Kier alpha value is -2.61. The van der Waals surface area contributed by atoms with Crippen LogP contribution in [0.4, 0.5) is 5.82 Å². The van der Waals surface area contributed by atoms with Crippen molar-refractivity contribution in [2.75, 3.05) is 18.8 Å². The van der Waals surface area contributed by atoms with Gasteiger partial charge in [-0.25, -0.2) is 0 Å². The van der Waals surface area contributed by atoms with Crippen molar-refractivity contribution in [1.29, 1.82) is 0 Å². The second kappa shape index (κ2) is 7.09. The molecule has 8 nitrogen and oxygen atoms in total. The van der Waals surface area contributed by atoms with E-state index < -0.39 is 0 Å². The molecule has 3 N–H and O–H groups in total. The highest BCUT2D eigenvalue weighted by molar-refractivity contribution is 5.97. The number of aryl methyl sites for hydroxylation is 1. The molecule has 0 radical (unpaired) electrons. The Labute approximate surface area is 164 Å². The lowest BCUT2D eigenvalue weighted by Gasteiger charge is -2.20. The first-order valence-corrected chi connectivity index (χ1v) is 10.0. The van der Waals surface area contributed by atoms with E-state index in [1.54, 1.807) is 4.57 Å². The van der Waals surface area contributed by atoms with Gasteiger partial charge < -0.3 is 10.3 Å². The summed E-state index contributed by atoms with van der Waals surface area (Å²) in [6, 6.07) is 2.15. The van der Waals surface area contributed by atoms with Gasteiger partial charge in [-0.05, 0) is 44.8 Å². The van der Waals surface area contributed by atoms with Crippen molar-refractivity contribution in [2.45, 2.75) is 46.2 Å². The zero-order valence-electron chi connectivity index (χ0n) is 17.1. The summed E-state index contributed by atoms with van der Waals surface area (Å²) in [6.07, 6.45) is 4.42. The Kier molecular flexibility index (Phi) is 4.74. The summed E-state index contributed by atoms with van der Waals surface area (Å²) in [5.41, 5.74) is 9.41. The maximum Gasteiger partial charge on any atom is 0.264 e. The van der Waals surface area contributed by atoms with Crippen molar-refractivity contribution >= 4 is 16.7 Å². The van der Waals surface area contributed by atoms with Crippen molar-refractivity contribution in [3.8, 4) is 11.3 Å². The van der Waals surface area contributed by atoms with Crippen LogP contribution in [0, 0.1) is 5.92 Å². The largest absolute Gasteiger partial charge is 0.382 e. The average Bonchev–Trinajstić information content (AvgIpc) is 3.37. The summed E-state index contributed by atoms with van der Waals surface area (Å²) in [5.74, 6) is 0.547. The molecule has 1 aliphatic rings. The van der Waals surface area contributed by atoms with E-state index in [2.05, 4.69) is 41.9 Å². The van der Waals surface area contributed by atoms with Gasteiger partial charge in [0.05, 0.1) is 16.9 Å². The lowest BCUT2D eigenvalue weighted by molar-refractivity contribution is 0.321. The van der Waals surface area contributed by atoms with Crippen molar-refractivity contribution in [3.05, 3.63) is 28.3 Å². The van der Waals surface area contributed by atoms with E-state index in [4.69, 9.17) is 10.8 Å². The van der Waals surface area contributed by atoms with Crippen LogP contribution in [0.3, 0.4) is 0 Å². The Morgan fingerprint density at radius 2 is 1.96 bits per heavy atom. The smallest absolute Gasteiger partial charge is 0.264 e. The summed E-state index contributed by atoms with van der Waals surface area (Å²) in [4.78, 5) is 15.5. The predicted molar refractivity (Wildman–Crippen MR) is 111 cm³/mol. The molecule has 0 bridgehead atoms. The Morgan fingerprint density at radius 3 is 2.64 bits per heavy atom. The molecule has 8 heteroatoms. The van der Waals surface area contributed by atoms with E-state index in [0.717, 1.165) is 36.6 Å². The number of nitrogens with zero attached hydrogens (tertiary/aromatic N) is 5. The van der Waals surface area contributed by atoms with E-state index in [1.807, 2.05) is 17.9 Å². The third-order valence-electron chi connectivity index (χ3n) is 6.02. The molecule has 4 rings (SSSR count). The number of hydrogen-bond donors (Lipinski definition) is 2. The minimum absolute atomic E-state index is 0.0396. The van der Waals surface area contributed by atoms with Crippen LogP contribution >= 0.6 is 0 Å². The van der Waals surface area contributed by atoms with Crippen molar-refractivity contribution in [1.82, 2.24) is 29.4 Å². The van der Waals surface area contributed by atoms with Crippen LogP contribution in [0.5, 0.6) is 0 Å². The summed E-state index contributed by atoms with van der Waals surface area (Å²) >= 11 is 0. The Morgan fingerprint density at radius 1 is 1.25 bits per heavy atom. The van der Waals surface area contributed by atoms with Gasteiger partial charge in [-0.15, -0.1) is 0 Å². The fourth-order valence-electron chi connectivity index (χ4n) is 3.93. The molecule has 0 aromatic carbocycles. The van der Waals surface area contributed by atoms with E-state index in [9.17, 15) is 4.79 Å². The van der Waals surface area contributed by atoms with Gasteiger partial charge in [-0.2, -0.15) is 10.2 Å². The number of aromatic amines is 1. The van der Waals surface area contributed by atoms with Gasteiger partial charge in [0.15, 0.2) is 5.82 Å². The van der Waals surface area contributed by atoms with Gasteiger partial charge in [-0.3, -0.25) is 19.5 Å². The predicted octanol–water partition coefficient (Wildman–Crippen LogP) is 2.52. The number of hydrogen-bond acceptors (Lipinski definition) is 5. The number of rotatable bonds is 5. The van der Waals surface area contributed by atoms with Crippen LogP contribution < -0.4 is 11.3 Å². The molecule has 1 atom stereocenters. The van der Waals surface area contributed by atoms with Gasteiger partial charge >= 0.3 is 0 Å². The molecule has 3 aromatic rings. The lowest BCUT2D eigenvalue weighted by Crippen LogP contribution is -2.26. The summed E-state index contributed by atoms with van der Waals surface area (Å²) < 4.78 is 3.70. The molecule has 3 aromatic heterocycles. The third kappa shape index (κ3) is 3.11. The van der Waals surface area contributed by atoms with Gasteiger partial charge in [0.25, 0.3) is 5.56 Å². The van der Waals surface area contributed by atoms with Gasteiger partial charge in [0, 0.05) is 31.4 Å². The molecule has 28 heavy (non-hydrogen) atoms. The molecule has 4 heterocycles. The molecule has 0 saturated carbocycles. The molecule has 0 unspecified atom stereocenters. The number of nitrogens with two attached hydrogens (primary N) is 1. The number of pyridine rings is 1. The van der Waals surface area contributed by atoms with Crippen LogP contribution in [0.25, 0.3) is 22.2 Å². The number of likely N-dealkylation sites (tertiary alicyclic amines) is 1. The van der Waals surface area contributed by atoms with Gasteiger partial charge in [0.1, 0.15) is 5.39 Å². The minimum Gasteiger partial charge on any atom is -0.382 e. The number of H-pyrrole nitrogens is 1. The van der Waals surface area contributed by atoms with Crippen molar-refractivity contribution in [2.24, 2.45) is 13.0 Å². The molecular weight excluding hydrogens is 354 g/mol. The van der Waals surface area contributed by atoms with Crippen LogP contribution in [0.2, 0.25) is 0 Å². The molecule has 0 aliphatic carbocycles. The van der Waals surface area contributed by atoms with Gasteiger partial charge in [0.2, 0.25) is 0 Å². The first-order valence-electron chi connectivity index (χ1n) is 10.0. The Balaban J connectivity index is 1.84. The van der Waals surface area contributed by atoms with Crippen LogP contribution in [0.15, 0.2) is 17.1 Å². The SMILES string of the molecule is CC(C)[C@H](C)n1cc(-c2cc(CN3CCCC3)n(C)n2)c2[nH]nc(N)c2c1=O. The highest BCUT2D eigenvalue weighted by Crippen LogP contribution is 2.29. The third-order valence-corrected chi connectivity index (χ3v) is 6.02. The maximum atomic E-state index is 13.0. The molecule has 1 aliphatic heterocycles. The van der Waals surface area contributed by atoms with Crippen LogP contribution in [-0.4, -0.2) is 42.5 Å². The van der Waals surface area contributed by atoms with E-state index in [1.165, 1.54) is 12.8 Å². The highest BCUT2D eigenvalue weighted by atomic mass is 16.1. The summed E-state index contributed by atoms with van der Waals surface area (Å²) in [6.45, 7) is 9.43. The standard InChI is InChI=1S/C20H29N7O/c1-12(2)13(3)27-11-15(18-17(20(27)28)19(21)23-22-18)16-9-14(25(4)24-16)10-26-7-5-6-8-26/h9,11-13H,5-8,10H2,1-4H3,(H3,21,22,23)/t13-/m0/s1. The number of fused-ring (bicyclic) bond motifs is 1. The maximum absolute atomic E-state index is 13.0. The lowest BCUT2D eigenvalue weighted by atomic mass is 10.0. The minimum atomic E-state index is -0.112. The second-order valence-electron chi connectivity index (χ2n) is 8.23. The monoisotopic (exact) mass is 383 g/mol. The van der Waals surface area contributed by atoms with E-state index in [0.29, 0.717) is 16.8 Å². The summed E-state index contributed by atoms with van der Waals surface area (Å²) in [7, 11) is 1.97. The molecule has 0 amide bonds. The van der Waals surface area contributed by atoms with Crippen molar-refractivity contribution in [3.63, 3.8) is 0 Å². The van der Waals surface area contributed by atoms with Gasteiger partial charge in [-0.1, -0.05) is 13.8 Å². The van der Waals surface area contributed by atoms with E-state index in [-0.39, 0.29) is 17.4 Å². The van der Waals surface area contributed by atoms with E-state index >= 15 is 0 Å². The molecule has 0 spiro atoms. The average molecular weight is 384 g/mol. The molecule has 1 fully saturated rings. The normalized spacial score (nSPS) is 16.5. The van der Waals surface area contributed by atoms with Crippen LogP contribution in [0.1, 0.15) is 45.3 Å². The zero-order chi connectivity index (χ0) is 20.0. The first-order chi connectivity index (χ1) is 13.4. The van der Waals surface area contributed by atoms with Crippen molar-refractivity contribution < 1.29 is 0 Å². The molecule has 150 valence electrons. The highest BCUT2D eigenvalue weighted by Gasteiger charge is 2.22. The topological polar surface area (TPSA) is 97.8 Å². The summed E-state index contributed by atoms with van der Waals surface area (Å²) in [5, 5.41) is 12.2. The quantitative estimate of drug-likeness (QED) is 0.705. The number of aromatic nitrogens is 5. The second-order valence-corrected chi connectivity index (χ2v) is 8.23. The molecule has 1 saturated heterocycles. The molecular formula is C20H29N7O. The first kappa shape index (κ1) is 18.7. The number of nitrogen functional groups attached to an aromatic ring is 1. The Bertz CT molecular complexity index is 1050. The zero-order valence-corrected chi connectivity index (χ0v) is 17.1. The fraction of sp³-hybridized carbons (Fsp3) is 0.550. The number of nitrogens with one attached hydrogen (secondary N) is 1. The fourth-order valence-corrected chi connectivity index (χ4v) is 3.93.